The molecule has 116 valence electrons. The van der Waals surface area contributed by atoms with Crippen LogP contribution in [-0.4, -0.2) is 25.3 Å². The molecular formula is C17H23O4-. The number of hydrogen-bond donors (Lipinski definition) is 0. The van der Waals surface area contributed by atoms with Gasteiger partial charge in [0.15, 0.2) is 0 Å². The Morgan fingerprint density at radius 3 is 2.57 bits per heavy atom. The van der Waals surface area contributed by atoms with E-state index in [1.165, 1.54) is 0 Å². The Bertz CT molecular complexity index is 496. The zero-order chi connectivity index (χ0) is 15.5. The van der Waals surface area contributed by atoms with Crippen LogP contribution >= 0.6 is 0 Å². The molecule has 4 heteroatoms. The van der Waals surface area contributed by atoms with Gasteiger partial charge in [-0.15, -0.1) is 0 Å². The zero-order valence-electron chi connectivity index (χ0n) is 13.0. The Morgan fingerprint density at radius 2 is 2.05 bits per heavy atom. The van der Waals surface area contributed by atoms with Crippen molar-refractivity contribution < 1.29 is 19.4 Å². The molecule has 0 aromatic heterocycles. The Balaban J connectivity index is 2.38. The van der Waals surface area contributed by atoms with Crippen LogP contribution in [0.15, 0.2) is 24.3 Å². The lowest BCUT2D eigenvalue weighted by atomic mass is 9.66. The number of carbonyl (C=O) groups is 1. The van der Waals surface area contributed by atoms with Crippen molar-refractivity contribution in [1.82, 2.24) is 0 Å². The second-order valence-electron chi connectivity index (χ2n) is 6.14. The summed E-state index contributed by atoms with van der Waals surface area (Å²) in [6.07, 6.45) is 2.27. The Labute approximate surface area is 126 Å². The van der Waals surface area contributed by atoms with Gasteiger partial charge in [0, 0.05) is 18.0 Å². The number of carboxylic acid groups (broad SMARTS) is 1. The Hall–Kier alpha value is -1.55. The molecule has 0 bridgehead atoms. The van der Waals surface area contributed by atoms with Crippen molar-refractivity contribution >= 4 is 5.97 Å². The SMILES string of the molecule is CC[C@@]1(C)C[C@@](CC(=O)[O-])(c2ccc(OC)cc2)CCO1. The molecule has 0 radical (unpaired) electrons. The lowest BCUT2D eigenvalue weighted by molar-refractivity contribution is -0.308. The minimum absolute atomic E-state index is 0.0261. The van der Waals surface area contributed by atoms with Gasteiger partial charge in [-0.05, 0) is 50.3 Å². The van der Waals surface area contributed by atoms with Crippen molar-refractivity contribution in [3.63, 3.8) is 0 Å². The van der Waals surface area contributed by atoms with Crippen molar-refractivity contribution in [2.24, 2.45) is 0 Å². The van der Waals surface area contributed by atoms with Gasteiger partial charge in [-0.3, -0.25) is 0 Å². The number of ether oxygens (including phenoxy) is 2. The summed E-state index contributed by atoms with van der Waals surface area (Å²) in [4.78, 5) is 11.3. The van der Waals surface area contributed by atoms with E-state index < -0.39 is 11.4 Å². The molecule has 2 atom stereocenters. The molecule has 1 aliphatic heterocycles. The lowest BCUT2D eigenvalue weighted by Gasteiger charge is -2.47. The van der Waals surface area contributed by atoms with Crippen molar-refractivity contribution in [2.75, 3.05) is 13.7 Å². The highest BCUT2D eigenvalue weighted by atomic mass is 16.5. The Kier molecular flexibility index (Phi) is 4.57. The largest absolute Gasteiger partial charge is 0.550 e. The van der Waals surface area contributed by atoms with Gasteiger partial charge >= 0.3 is 0 Å². The van der Waals surface area contributed by atoms with Crippen LogP contribution in [0.25, 0.3) is 0 Å². The van der Waals surface area contributed by atoms with Crippen molar-refractivity contribution in [2.45, 2.75) is 50.5 Å². The van der Waals surface area contributed by atoms with E-state index in [9.17, 15) is 9.90 Å². The summed E-state index contributed by atoms with van der Waals surface area (Å²) < 4.78 is 11.1. The van der Waals surface area contributed by atoms with E-state index in [1.807, 2.05) is 24.3 Å². The maximum Gasteiger partial charge on any atom is 0.118 e. The van der Waals surface area contributed by atoms with Gasteiger partial charge in [0.05, 0.1) is 12.7 Å². The lowest BCUT2D eigenvalue weighted by Crippen LogP contribution is -2.48. The highest BCUT2D eigenvalue weighted by Crippen LogP contribution is 2.45. The molecule has 1 saturated heterocycles. The summed E-state index contributed by atoms with van der Waals surface area (Å²) in [5.41, 5.74) is 0.317. The maximum atomic E-state index is 11.3. The quantitative estimate of drug-likeness (QED) is 0.833. The van der Waals surface area contributed by atoms with Gasteiger partial charge in [0.1, 0.15) is 5.75 Å². The molecule has 0 aliphatic carbocycles. The average molecular weight is 291 g/mol. The summed E-state index contributed by atoms with van der Waals surface area (Å²) >= 11 is 0. The summed E-state index contributed by atoms with van der Waals surface area (Å²) in [7, 11) is 1.62. The third-order valence-electron chi connectivity index (χ3n) is 4.68. The number of aliphatic carboxylic acids is 1. The molecule has 2 rings (SSSR count). The predicted octanol–water partition coefficient (Wildman–Crippen LogP) is 2.05. The van der Waals surface area contributed by atoms with Crippen LogP contribution in [0.1, 0.15) is 45.1 Å². The number of rotatable bonds is 5. The fourth-order valence-electron chi connectivity index (χ4n) is 3.30. The first kappa shape index (κ1) is 15.8. The van der Waals surface area contributed by atoms with E-state index >= 15 is 0 Å². The molecule has 0 spiro atoms. The highest BCUT2D eigenvalue weighted by molar-refractivity contribution is 5.67. The van der Waals surface area contributed by atoms with Crippen LogP contribution in [0.4, 0.5) is 0 Å². The van der Waals surface area contributed by atoms with Gasteiger partial charge in [-0.2, -0.15) is 0 Å². The highest BCUT2D eigenvalue weighted by Gasteiger charge is 2.43. The summed E-state index contributed by atoms with van der Waals surface area (Å²) in [6, 6.07) is 7.68. The topological polar surface area (TPSA) is 58.6 Å². The zero-order valence-corrected chi connectivity index (χ0v) is 13.0. The normalized spacial score (nSPS) is 29.1. The van der Waals surface area contributed by atoms with E-state index in [1.54, 1.807) is 7.11 Å². The van der Waals surface area contributed by atoms with Gasteiger partial charge in [0.25, 0.3) is 0 Å². The average Bonchev–Trinajstić information content (AvgIpc) is 2.47. The molecule has 1 heterocycles. The van der Waals surface area contributed by atoms with Crippen LogP contribution in [-0.2, 0) is 14.9 Å². The van der Waals surface area contributed by atoms with E-state index in [4.69, 9.17) is 9.47 Å². The molecule has 4 nitrogen and oxygen atoms in total. The molecule has 0 N–H and O–H groups in total. The van der Waals surface area contributed by atoms with Crippen LogP contribution in [0.3, 0.4) is 0 Å². The van der Waals surface area contributed by atoms with Crippen molar-refractivity contribution in [3.05, 3.63) is 29.8 Å². The monoisotopic (exact) mass is 291 g/mol. The first-order chi connectivity index (χ1) is 9.93. The third-order valence-corrected chi connectivity index (χ3v) is 4.68. The molecule has 1 aromatic rings. The summed E-state index contributed by atoms with van der Waals surface area (Å²) in [6.45, 7) is 4.70. The molecular weight excluding hydrogens is 268 g/mol. The van der Waals surface area contributed by atoms with Crippen molar-refractivity contribution in [1.29, 1.82) is 0 Å². The van der Waals surface area contributed by atoms with Gasteiger partial charge in [-0.25, -0.2) is 0 Å². The predicted molar refractivity (Wildman–Crippen MR) is 78.2 cm³/mol. The van der Waals surface area contributed by atoms with Gasteiger partial charge in [0.2, 0.25) is 0 Å². The standard InChI is InChI=1S/C17H24O4/c1-4-16(2)12-17(9-10-21-16,11-15(18)19)13-5-7-14(20-3)8-6-13/h5-8H,4,9-12H2,1-3H3,(H,18,19)/p-1/t16-,17+/m0/s1. The Morgan fingerprint density at radius 1 is 1.38 bits per heavy atom. The maximum absolute atomic E-state index is 11.3. The number of carboxylic acids is 1. The molecule has 0 unspecified atom stereocenters. The minimum atomic E-state index is -1.01. The molecule has 1 fully saturated rings. The van der Waals surface area contributed by atoms with E-state index in [-0.39, 0.29) is 12.0 Å². The van der Waals surface area contributed by atoms with Crippen LogP contribution < -0.4 is 9.84 Å². The minimum Gasteiger partial charge on any atom is -0.550 e. The van der Waals surface area contributed by atoms with Crippen LogP contribution in [0.2, 0.25) is 0 Å². The van der Waals surface area contributed by atoms with E-state index in [0.29, 0.717) is 19.4 Å². The van der Waals surface area contributed by atoms with E-state index in [0.717, 1.165) is 17.7 Å². The number of benzene rings is 1. The molecule has 0 saturated carbocycles. The summed E-state index contributed by atoms with van der Waals surface area (Å²) in [5, 5.41) is 11.3. The number of carbonyl (C=O) groups excluding carboxylic acids is 1. The fourth-order valence-corrected chi connectivity index (χ4v) is 3.30. The number of hydrogen-bond acceptors (Lipinski definition) is 4. The molecule has 1 aliphatic rings. The number of methoxy groups -OCH3 is 1. The van der Waals surface area contributed by atoms with Gasteiger partial charge < -0.3 is 19.4 Å². The second kappa shape index (κ2) is 6.06. The smallest absolute Gasteiger partial charge is 0.118 e. The van der Waals surface area contributed by atoms with Crippen LogP contribution in [0, 0.1) is 0 Å². The first-order valence-corrected chi connectivity index (χ1v) is 7.41. The second-order valence-corrected chi connectivity index (χ2v) is 6.14. The summed E-state index contributed by atoms with van der Waals surface area (Å²) in [5.74, 6) is -0.237. The first-order valence-electron chi connectivity index (χ1n) is 7.41. The van der Waals surface area contributed by atoms with Gasteiger partial charge in [-0.1, -0.05) is 19.1 Å². The molecule has 21 heavy (non-hydrogen) atoms. The van der Waals surface area contributed by atoms with Crippen molar-refractivity contribution in [3.8, 4) is 5.75 Å². The van der Waals surface area contributed by atoms with E-state index in [2.05, 4.69) is 13.8 Å². The van der Waals surface area contributed by atoms with Crippen LogP contribution in [0.5, 0.6) is 5.75 Å². The molecule has 0 amide bonds. The third kappa shape index (κ3) is 3.38. The molecule has 1 aromatic carbocycles. The fraction of sp³-hybridized carbons (Fsp3) is 0.588.